The van der Waals surface area contributed by atoms with Crippen LogP contribution in [-0.2, 0) is 18.4 Å². The predicted molar refractivity (Wildman–Crippen MR) is 138 cm³/mol. The van der Waals surface area contributed by atoms with Crippen LogP contribution in [0.2, 0.25) is 0 Å². The first-order chi connectivity index (χ1) is 17.9. The average Bonchev–Trinajstić information content (AvgIpc) is 3.32. The van der Waals surface area contributed by atoms with E-state index in [1.807, 2.05) is 68.2 Å². The van der Waals surface area contributed by atoms with Gasteiger partial charge in [0, 0.05) is 47.7 Å². The number of aromatic nitrogens is 4. The van der Waals surface area contributed by atoms with Gasteiger partial charge in [-0.1, -0.05) is 18.2 Å². The van der Waals surface area contributed by atoms with Crippen molar-refractivity contribution in [3.63, 3.8) is 0 Å². The van der Waals surface area contributed by atoms with Crippen molar-refractivity contribution >= 4 is 22.8 Å². The van der Waals surface area contributed by atoms with Crippen molar-refractivity contribution in [2.24, 2.45) is 24.3 Å². The lowest BCUT2D eigenvalue weighted by Gasteiger charge is -2.66. The Balaban J connectivity index is 1.14. The number of benzene rings is 1. The number of carboxylic acid groups (broad SMARTS) is 1. The second kappa shape index (κ2) is 7.78. The van der Waals surface area contributed by atoms with Gasteiger partial charge in [0.05, 0.1) is 35.4 Å². The standard InChI is InChI=1S/C29H29N5O3/c1-33-16-20(15-31-33)19-5-6-21(30-14-19)17-34-12-8-18-3-2-4-22(25(18)34)26(35)32-29(10-11-29)28-9-7-24(28)23(13-28)27(36)37/h2-6,8,12,14-16,23-24H,7,9-11,13,17H2,1H3,(H,32,35)(H,36,37). The second-order valence-electron chi connectivity index (χ2n) is 11.1. The zero-order valence-electron chi connectivity index (χ0n) is 20.7. The number of pyridine rings is 1. The number of nitrogens with one attached hydrogen (secondary N) is 1. The Morgan fingerprint density at radius 2 is 1.97 bits per heavy atom. The van der Waals surface area contributed by atoms with Crippen LogP contribution in [0.1, 0.15) is 48.2 Å². The van der Waals surface area contributed by atoms with Crippen LogP contribution in [0.3, 0.4) is 0 Å². The summed E-state index contributed by atoms with van der Waals surface area (Å²) in [5, 5.41) is 18.2. The van der Waals surface area contributed by atoms with Gasteiger partial charge in [-0.05, 0) is 61.6 Å². The minimum Gasteiger partial charge on any atom is -0.481 e. The molecule has 188 valence electrons. The van der Waals surface area contributed by atoms with Crippen molar-refractivity contribution in [3.05, 3.63) is 72.4 Å². The van der Waals surface area contributed by atoms with Crippen LogP contribution < -0.4 is 5.32 Å². The molecule has 8 nitrogen and oxygen atoms in total. The SMILES string of the molecule is Cn1cc(-c2ccc(Cn3ccc4cccc(C(=O)NC5(C67CCC6C(C(=O)O)C7)CC5)c43)nc2)cn1. The number of nitrogens with zero attached hydrogens (tertiary/aromatic N) is 4. The smallest absolute Gasteiger partial charge is 0.306 e. The maximum absolute atomic E-state index is 13.7. The third-order valence-electron chi connectivity index (χ3n) is 9.28. The number of carbonyl (C=O) groups is 2. The first-order valence-corrected chi connectivity index (χ1v) is 13.0. The Hall–Kier alpha value is -3.94. The highest BCUT2D eigenvalue weighted by Crippen LogP contribution is 2.74. The Kier molecular flexibility index (Phi) is 4.68. The van der Waals surface area contributed by atoms with Gasteiger partial charge in [0.15, 0.2) is 0 Å². The molecule has 0 spiro atoms. The molecule has 8 heteroatoms. The molecule has 37 heavy (non-hydrogen) atoms. The maximum atomic E-state index is 13.7. The van der Waals surface area contributed by atoms with Gasteiger partial charge in [-0.3, -0.25) is 19.3 Å². The lowest BCUT2D eigenvalue weighted by molar-refractivity contribution is -0.191. The molecule has 1 amide bonds. The number of aryl methyl sites for hydroxylation is 1. The van der Waals surface area contributed by atoms with E-state index in [2.05, 4.69) is 20.0 Å². The summed E-state index contributed by atoms with van der Waals surface area (Å²) in [6.07, 6.45) is 12.2. The minimum atomic E-state index is -0.688. The van der Waals surface area contributed by atoms with Crippen LogP contribution in [0.25, 0.3) is 22.0 Å². The van der Waals surface area contributed by atoms with Crippen LogP contribution in [0.5, 0.6) is 0 Å². The topological polar surface area (TPSA) is 102 Å². The highest BCUT2D eigenvalue weighted by atomic mass is 16.4. The Labute approximate surface area is 214 Å². The monoisotopic (exact) mass is 495 g/mol. The molecule has 3 aliphatic carbocycles. The van der Waals surface area contributed by atoms with Crippen molar-refractivity contribution in [1.82, 2.24) is 24.6 Å². The molecule has 4 aromatic rings. The first-order valence-electron chi connectivity index (χ1n) is 13.0. The largest absolute Gasteiger partial charge is 0.481 e. The van der Waals surface area contributed by atoms with Gasteiger partial charge in [-0.2, -0.15) is 5.10 Å². The summed E-state index contributed by atoms with van der Waals surface area (Å²) in [4.78, 5) is 30.0. The van der Waals surface area contributed by atoms with Crippen molar-refractivity contribution in [2.45, 2.75) is 44.2 Å². The molecule has 2 N–H and O–H groups in total. The van der Waals surface area contributed by atoms with Crippen LogP contribution in [0.4, 0.5) is 0 Å². The lowest BCUT2D eigenvalue weighted by atomic mass is 9.39. The predicted octanol–water partition coefficient (Wildman–Crippen LogP) is 4.25. The molecule has 3 aliphatic rings. The fourth-order valence-electron chi connectivity index (χ4n) is 7.09. The fourth-order valence-corrected chi connectivity index (χ4v) is 7.09. The molecule has 3 atom stereocenters. The van der Waals surface area contributed by atoms with Gasteiger partial charge >= 0.3 is 5.97 Å². The molecule has 3 fully saturated rings. The van der Waals surface area contributed by atoms with Crippen molar-refractivity contribution in [1.29, 1.82) is 0 Å². The van der Waals surface area contributed by atoms with E-state index in [4.69, 9.17) is 0 Å². The molecule has 0 radical (unpaired) electrons. The summed E-state index contributed by atoms with van der Waals surface area (Å²) in [6, 6.07) is 11.9. The van der Waals surface area contributed by atoms with Gasteiger partial charge in [-0.25, -0.2) is 0 Å². The average molecular weight is 496 g/mol. The van der Waals surface area contributed by atoms with E-state index in [-0.39, 0.29) is 28.7 Å². The molecule has 3 aromatic heterocycles. The maximum Gasteiger partial charge on any atom is 0.306 e. The van der Waals surface area contributed by atoms with Crippen LogP contribution in [0, 0.1) is 17.3 Å². The molecule has 0 bridgehead atoms. The summed E-state index contributed by atoms with van der Waals surface area (Å²) >= 11 is 0. The van der Waals surface area contributed by atoms with E-state index >= 15 is 0 Å². The number of para-hydroxylation sites is 1. The van der Waals surface area contributed by atoms with Crippen LogP contribution in [0.15, 0.2) is 61.2 Å². The number of carbonyl (C=O) groups excluding carboxylic acids is 1. The van der Waals surface area contributed by atoms with Gasteiger partial charge in [0.2, 0.25) is 0 Å². The molecule has 7 rings (SSSR count). The van der Waals surface area contributed by atoms with Gasteiger partial charge in [0.25, 0.3) is 5.91 Å². The van der Waals surface area contributed by atoms with Gasteiger partial charge in [0.1, 0.15) is 0 Å². The molecule has 3 saturated carbocycles. The molecule has 3 unspecified atom stereocenters. The number of rotatable bonds is 7. The number of carboxylic acids is 1. The van der Waals surface area contributed by atoms with Crippen molar-refractivity contribution in [2.75, 3.05) is 0 Å². The van der Waals surface area contributed by atoms with Gasteiger partial charge in [-0.15, -0.1) is 0 Å². The zero-order valence-corrected chi connectivity index (χ0v) is 20.7. The molecular formula is C29H29N5O3. The van der Waals surface area contributed by atoms with Gasteiger partial charge < -0.3 is 15.0 Å². The van der Waals surface area contributed by atoms with E-state index in [0.717, 1.165) is 53.4 Å². The highest BCUT2D eigenvalue weighted by Gasteiger charge is 2.74. The fraction of sp³-hybridized carbons (Fsp3) is 0.379. The number of amides is 1. The molecule has 1 aromatic carbocycles. The Bertz CT molecular complexity index is 1550. The van der Waals surface area contributed by atoms with E-state index in [1.165, 1.54) is 0 Å². The summed E-state index contributed by atoms with van der Waals surface area (Å²) < 4.78 is 3.86. The van der Waals surface area contributed by atoms with Crippen molar-refractivity contribution < 1.29 is 14.7 Å². The second-order valence-corrected chi connectivity index (χ2v) is 11.1. The molecule has 3 heterocycles. The van der Waals surface area contributed by atoms with E-state index < -0.39 is 5.97 Å². The van der Waals surface area contributed by atoms with Crippen LogP contribution >= 0.6 is 0 Å². The number of hydrogen-bond acceptors (Lipinski definition) is 4. The molecular weight excluding hydrogens is 466 g/mol. The highest BCUT2D eigenvalue weighted by molar-refractivity contribution is 6.06. The van der Waals surface area contributed by atoms with Crippen molar-refractivity contribution in [3.8, 4) is 11.1 Å². The Morgan fingerprint density at radius 1 is 1.11 bits per heavy atom. The summed E-state index contributed by atoms with van der Waals surface area (Å²) in [5.41, 5.74) is 4.22. The van der Waals surface area contributed by atoms with E-state index in [1.54, 1.807) is 4.68 Å². The van der Waals surface area contributed by atoms with E-state index in [0.29, 0.717) is 18.5 Å². The summed E-state index contributed by atoms with van der Waals surface area (Å²) in [7, 11) is 1.89. The molecule has 0 aliphatic heterocycles. The minimum absolute atomic E-state index is 0.0262. The zero-order chi connectivity index (χ0) is 25.4. The molecule has 0 saturated heterocycles. The first kappa shape index (κ1) is 22.3. The Morgan fingerprint density at radius 3 is 2.59 bits per heavy atom. The third kappa shape index (κ3) is 3.27. The van der Waals surface area contributed by atoms with Crippen LogP contribution in [-0.4, -0.2) is 41.9 Å². The number of hydrogen-bond donors (Lipinski definition) is 2. The number of fused-ring (bicyclic) bond motifs is 2. The summed E-state index contributed by atoms with van der Waals surface area (Å²) in [6.45, 7) is 0.554. The quantitative estimate of drug-likeness (QED) is 0.399. The van der Waals surface area contributed by atoms with E-state index in [9.17, 15) is 14.7 Å². The normalized spacial score (nSPS) is 25.1. The summed E-state index contributed by atoms with van der Waals surface area (Å²) in [5.74, 6) is -0.803. The lowest BCUT2D eigenvalue weighted by Crippen LogP contribution is -2.68. The number of aliphatic carboxylic acids is 1. The third-order valence-corrected chi connectivity index (χ3v) is 9.28.